The van der Waals surface area contributed by atoms with E-state index in [-0.39, 0.29) is 11.3 Å². The lowest BCUT2D eigenvalue weighted by Gasteiger charge is -2.39. The molecule has 1 amide bonds. The molecular weight excluding hydrogens is 306 g/mol. The van der Waals surface area contributed by atoms with Gasteiger partial charge in [0.25, 0.3) is 0 Å². The van der Waals surface area contributed by atoms with Crippen LogP contribution in [0.25, 0.3) is 0 Å². The maximum Gasteiger partial charge on any atom is 0.326 e. The summed E-state index contributed by atoms with van der Waals surface area (Å²) < 4.78 is 0. The van der Waals surface area contributed by atoms with Crippen LogP contribution in [0.1, 0.15) is 31.9 Å². The molecule has 6 nitrogen and oxygen atoms in total. The lowest BCUT2D eigenvalue weighted by atomic mass is 9.76. The highest BCUT2D eigenvalue weighted by molar-refractivity contribution is 5.83. The molecule has 1 aromatic rings. The number of hydrogen-bond acceptors (Lipinski definition) is 4. The van der Waals surface area contributed by atoms with Crippen molar-refractivity contribution in [2.24, 2.45) is 5.41 Å². The van der Waals surface area contributed by atoms with Gasteiger partial charge in [-0.15, -0.1) is 0 Å². The van der Waals surface area contributed by atoms with E-state index < -0.39 is 12.0 Å². The summed E-state index contributed by atoms with van der Waals surface area (Å²) in [6.07, 6.45) is 5.27. The largest absolute Gasteiger partial charge is 0.480 e. The Morgan fingerprint density at radius 1 is 1.33 bits per heavy atom. The Bertz CT molecular complexity index is 573. The van der Waals surface area contributed by atoms with Crippen LogP contribution in [0.15, 0.2) is 24.4 Å². The fraction of sp³-hybridized carbons (Fsp3) is 0.611. The molecule has 3 heterocycles. The SMILES string of the molecule is CC(=O)N1CC2(CCN(CCc3ccccn3)CC2)C[C@@H]1C(=O)O. The highest BCUT2D eigenvalue weighted by Crippen LogP contribution is 2.43. The van der Waals surface area contributed by atoms with Crippen LogP contribution >= 0.6 is 0 Å². The third kappa shape index (κ3) is 3.59. The number of pyridine rings is 1. The lowest BCUT2D eigenvalue weighted by Crippen LogP contribution is -2.43. The Morgan fingerprint density at radius 3 is 2.62 bits per heavy atom. The number of carboxylic acid groups (broad SMARTS) is 1. The van der Waals surface area contributed by atoms with Crippen molar-refractivity contribution in [1.82, 2.24) is 14.8 Å². The van der Waals surface area contributed by atoms with E-state index >= 15 is 0 Å². The lowest BCUT2D eigenvalue weighted by molar-refractivity contribution is -0.147. The molecule has 1 N–H and O–H groups in total. The van der Waals surface area contributed by atoms with Gasteiger partial charge in [-0.3, -0.25) is 9.78 Å². The van der Waals surface area contributed by atoms with Crippen LogP contribution in [0.4, 0.5) is 0 Å². The van der Waals surface area contributed by atoms with Gasteiger partial charge in [0.1, 0.15) is 6.04 Å². The van der Waals surface area contributed by atoms with Gasteiger partial charge in [0, 0.05) is 38.3 Å². The summed E-state index contributed by atoms with van der Waals surface area (Å²) in [4.78, 5) is 31.5. The molecule has 3 rings (SSSR count). The van der Waals surface area contributed by atoms with Gasteiger partial charge in [0.15, 0.2) is 0 Å². The van der Waals surface area contributed by atoms with Crippen LogP contribution in [0.5, 0.6) is 0 Å². The number of aliphatic carboxylic acids is 1. The van der Waals surface area contributed by atoms with Gasteiger partial charge in [-0.25, -0.2) is 4.79 Å². The molecule has 1 aromatic heterocycles. The molecule has 1 spiro atoms. The summed E-state index contributed by atoms with van der Waals surface area (Å²) >= 11 is 0. The Kier molecular flexibility index (Phi) is 4.85. The van der Waals surface area contributed by atoms with Crippen molar-refractivity contribution in [3.63, 3.8) is 0 Å². The molecule has 2 aliphatic rings. The number of carbonyl (C=O) groups is 2. The number of aromatic nitrogens is 1. The van der Waals surface area contributed by atoms with Crippen molar-refractivity contribution in [2.75, 3.05) is 26.2 Å². The monoisotopic (exact) mass is 331 g/mol. The van der Waals surface area contributed by atoms with Crippen LogP contribution in [0.3, 0.4) is 0 Å². The van der Waals surface area contributed by atoms with Crippen LogP contribution < -0.4 is 0 Å². The third-order valence-corrected chi connectivity index (χ3v) is 5.52. The third-order valence-electron chi connectivity index (χ3n) is 5.52. The first-order chi connectivity index (χ1) is 11.5. The van der Waals surface area contributed by atoms with E-state index in [9.17, 15) is 14.7 Å². The molecule has 130 valence electrons. The normalized spacial score (nSPS) is 23.5. The van der Waals surface area contributed by atoms with Crippen molar-refractivity contribution in [3.8, 4) is 0 Å². The molecule has 0 radical (unpaired) electrons. The van der Waals surface area contributed by atoms with Crippen molar-refractivity contribution in [2.45, 2.75) is 38.6 Å². The minimum atomic E-state index is -0.875. The number of hydrogen-bond donors (Lipinski definition) is 1. The average Bonchev–Trinajstić information content (AvgIpc) is 2.96. The quantitative estimate of drug-likeness (QED) is 0.903. The van der Waals surface area contributed by atoms with E-state index in [0.29, 0.717) is 13.0 Å². The molecule has 2 fully saturated rings. The van der Waals surface area contributed by atoms with Crippen LogP contribution in [-0.4, -0.2) is 64.0 Å². The Labute approximate surface area is 142 Å². The smallest absolute Gasteiger partial charge is 0.326 e. The number of nitrogens with zero attached hydrogens (tertiary/aromatic N) is 3. The second kappa shape index (κ2) is 6.89. The summed E-state index contributed by atoms with van der Waals surface area (Å²) in [6, 6.07) is 5.33. The molecule has 0 unspecified atom stereocenters. The minimum Gasteiger partial charge on any atom is -0.480 e. The fourth-order valence-electron chi connectivity index (χ4n) is 4.04. The van der Waals surface area contributed by atoms with Crippen molar-refractivity contribution in [1.29, 1.82) is 0 Å². The number of carboxylic acids is 1. The van der Waals surface area contributed by atoms with Crippen molar-refractivity contribution in [3.05, 3.63) is 30.1 Å². The Morgan fingerprint density at radius 2 is 2.08 bits per heavy atom. The summed E-state index contributed by atoms with van der Waals surface area (Å²) in [5, 5.41) is 9.40. The first kappa shape index (κ1) is 16.9. The summed E-state index contributed by atoms with van der Waals surface area (Å²) in [5.74, 6) is -1.00. The average molecular weight is 331 g/mol. The van der Waals surface area contributed by atoms with Crippen LogP contribution in [-0.2, 0) is 16.0 Å². The second-order valence-corrected chi connectivity index (χ2v) is 7.12. The number of likely N-dealkylation sites (tertiary alicyclic amines) is 2. The van der Waals surface area contributed by atoms with E-state index in [4.69, 9.17) is 0 Å². The Hall–Kier alpha value is -1.95. The van der Waals surface area contributed by atoms with Gasteiger partial charge >= 0.3 is 5.97 Å². The molecule has 0 saturated carbocycles. The maximum absolute atomic E-state index is 11.8. The van der Waals surface area contributed by atoms with E-state index in [1.165, 1.54) is 6.92 Å². The van der Waals surface area contributed by atoms with Gasteiger partial charge in [-0.1, -0.05) is 6.07 Å². The molecule has 0 bridgehead atoms. The standard InChI is InChI=1S/C18H25N3O3/c1-14(22)21-13-18(12-16(21)17(23)24)6-10-20(11-7-18)9-5-15-4-2-3-8-19-15/h2-4,8,16H,5-7,9-13H2,1H3,(H,23,24)/t16-/m1/s1. The Balaban J connectivity index is 1.54. The molecule has 24 heavy (non-hydrogen) atoms. The minimum absolute atomic E-state index is 0.0176. The van der Waals surface area contributed by atoms with E-state index in [0.717, 1.165) is 44.6 Å². The zero-order valence-corrected chi connectivity index (χ0v) is 14.1. The van der Waals surface area contributed by atoms with Gasteiger partial charge in [0.05, 0.1) is 0 Å². The van der Waals surface area contributed by atoms with Gasteiger partial charge in [-0.2, -0.15) is 0 Å². The predicted molar refractivity (Wildman–Crippen MR) is 89.5 cm³/mol. The molecular formula is C18H25N3O3. The predicted octanol–water partition coefficient (Wildman–Crippen LogP) is 1.41. The summed E-state index contributed by atoms with van der Waals surface area (Å²) in [7, 11) is 0. The topological polar surface area (TPSA) is 73.7 Å². The van der Waals surface area contributed by atoms with Crippen molar-refractivity contribution >= 4 is 11.9 Å². The first-order valence-corrected chi connectivity index (χ1v) is 8.61. The number of amides is 1. The molecule has 0 aromatic carbocycles. The summed E-state index contributed by atoms with van der Waals surface area (Å²) in [5.41, 5.74) is 1.09. The van der Waals surface area contributed by atoms with Crippen LogP contribution in [0, 0.1) is 5.41 Å². The number of rotatable bonds is 4. The van der Waals surface area contributed by atoms with E-state index in [1.54, 1.807) is 4.90 Å². The number of carbonyl (C=O) groups excluding carboxylic acids is 1. The first-order valence-electron chi connectivity index (χ1n) is 8.61. The summed E-state index contributed by atoms with van der Waals surface area (Å²) in [6.45, 7) is 4.96. The van der Waals surface area contributed by atoms with Crippen molar-refractivity contribution < 1.29 is 14.7 Å². The molecule has 2 saturated heterocycles. The molecule has 0 aliphatic carbocycles. The molecule has 2 aliphatic heterocycles. The highest BCUT2D eigenvalue weighted by Gasteiger charge is 2.48. The second-order valence-electron chi connectivity index (χ2n) is 7.12. The molecule has 6 heteroatoms. The number of piperidine rings is 1. The van der Waals surface area contributed by atoms with Crippen LogP contribution in [0.2, 0.25) is 0 Å². The van der Waals surface area contributed by atoms with E-state index in [2.05, 4.69) is 9.88 Å². The highest BCUT2D eigenvalue weighted by atomic mass is 16.4. The van der Waals surface area contributed by atoms with Gasteiger partial charge in [-0.05, 0) is 49.9 Å². The maximum atomic E-state index is 11.8. The fourth-order valence-corrected chi connectivity index (χ4v) is 4.04. The van der Waals surface area contributed by atoms with Gasteiger partial charge in [0.2, 0.25) is 5.91 Å². The van der Waals surface area contributed by atoms with E-state index in [1.807, 2.05) is 24.4 Å². The molecule has 1 atom stereocenters. The zero-order valence-electron chi connectivity index (χ0n) is 14.1. The van der Waals surface area contributed by atoms with Gasteiger partial charge < -0.3 is 14.9 Å². The zero-order chi connectivity index (χ0) is 17.2.